The van der Waals surface area contributed by atoms with Crippen LogP contribution in [0.2, 0.25) is 0 Å². The van der Waals surface area contributed by atoms with E-state index < -0.39 is 24.4 Å². The minimum absolute atomic E-state index is 0.0623. The van der Waals surface area contributed by atoms with Crippen LogP contribution in [0.3, 0.4) is 0 Å². The lowest BCUT2D eigenvalue weighted by molar-refractivity contribution is -0.150. The molecule has 218 valence electrons. The highest BCUT2D eigenvalue weighted by Gasteiger charge is 2.48. The fraction of sp³-hybridized carbons (Fsp3) is 0.889. The normalized spacial score (nSPS) is 39.5. The Labute approximate surface area is 228 Å². The third-order valence-corrected chi connectivity index (χ3v) is 9.54. The SMILES string of the molecule is O=C1C[C@@H]2O[C@H](CN(C(=O)C3CCOCC3)C[C@@H]3CN(CCO3)C(=O)[C@@H]3C[C@@H](CN3C3CCC3)N1)[C@@H](O)[C@H]2O. The Morgan fingerprint density at radius 3 is 2.44 bits per heavy atom. The van der Waals surface area contributed by atoms with Gasteiger partial charge in [-0.25, -0.2) is 0 Å². The summed E-state index contributed by atoms with van der Waals surface area (Å²) in [6.07, 6.45) is 0.402. The maximum atomic E-state index is 13.8. The van der Waals surface area contributed by atoms with Crippen molar-refractivity contribution in [2.24, 2.45) is 5.92 Å². The molecule has 0 aromatic rings. The number of amides is 3. The second-order valence-electron chi connectivity index (χ2n) is 12.1. The summed E-state index contributed by atoms with van der Waals surface area (Å²) in [6, 6.07) is -0.112. The molecule has 6 rings (SSSR count). The highest BCUT2D eigenvalue weighted by molar-refractivity contribution is 5.83. The van der Waals surface area contributed by atoms with Gasteiger partial charge >= 0.3 is 0 Å². The number of fused-ring (bicyclic) bond motifs is 6. The molecule has 0 radical (unpaired) electrons. The van der Waals surface area contributed by atoms with Gasteiger partial charge in [0.1, 0.15) is 18.3 Å². The van der Waals surface area contributed by atoms with Gasteiger partial charge in [-0.1, -0.05) is 6.42 Å². The Bertz CT molecular complexity index is 927. The molecule has 5 aliphatic heterocycles. The predicted molar refractivity (Wildman–Crippen MR) is 136 cm³/mol. The second-order valence-corrected chi connectivity index (χ2v) is 12.1. The molecular formula is C27H42N4O8. The molecule has 39 heavy (non-hydrogen) atoms. The standard InChI is InChI=1S/C27H42N4O8/c32-23-11-21-24(33)25(34)22(39-21)15-30(26(35)16-4-7-37-8-5-16)14-19-13-29(6-9-38-19)27(36)20-10-17(28-23)12-31(20)18-2-1-3-18/h16-22,24-25,33-34H,1-15H2,(H,28,32)/t17-,19-,20-,21-,22+,24-,25+/m0/s1. The van der Waals surface area contributed by atoms with E-state index in [4.69, 9.17) is 14.2 Å². The highest BCUT2D eigenvalue weighted by Crippen LogP contribution is 2.33. The molecule has 3 amide bonds. The van der Waals surface area contributed by atoms with Crippen LogP contribution >= 0.6 is 0 Å². The molecule has 0 aromatic carbocycles. The van der Waals surface area contributed by atoms with Crippen LogP contribution in [-0.4, -0.2) is 144 Å². The summed E-state index contributed by atoms with van der Waals surface area (Å²) in [5.74, 6) is -0.474. The quantitative estimate of drug-likeness (QED) is 0.374. The first-order valence-corrected chi connectivity index (χ1v) is 14.7. The Morgan fingerprint density at radius 2 is 1.69 bits per heavy atom. The van der Waals surface area contributed by atoms with Crippen molar-refractivity contribution in [2.75, 3.05) is 52.5 Å². The number of rotatable bonds is 2. The average Bonchev–Trinajstić information content (AvgIpc) is 3.42. The molecule has 5 heterocycles. The zero-order valence-corrected chi connectivity index (χ0v) is 22.5. The molecule has 1 aliphatic carbocycles. The fourth-order valence-corrected chi connectivity index (χ4v) is 7.11. The number of aliphatic hydroxyl groups excluding tert-OH is 2. The van der Waals surface area contributed by atoms with Gasteiger partial charge < -0.3 is 39.5 Å². The van der Waals surface area contributed by atoms with Crippen LogP contribution in [0.1, 0.15) is 44.9 Å². The van der Waals surface area contributed by atoms with Crippen LogP contribution < -0.4 is 5.32 Å². The van der Waals surface area contributed by atoms with Crippen LogP contribution in [0.4, 0.5) is 0 Å². The third kappa shape index (κ3) is 5.69. The molecule has 6 fully saturated rings. The van der Waals surface area contributed by atoms with Gasteiger partial charge in [0.15, 0.2) is 0 Å². The number of nitrogens with zero attached hydrogens (tertiary/aromatic N) is 3. The van der Waals surface area contributed by atoms with Gasteiger partial charge in [-0.2, -0.15) is 0 Å². The molecule has 0 unspecified atom stereocenters. The Balaban J connectivity index is 1.26. The maximum absolute atomic E-state index is 13.8. The lowest BCUT2D eigenvalue weighted by Crippen LogP contribution is -2.57. The summed E-state index contributed by atoms with van der Waals surface area (Å²) in [7, 11) is 0. The van der Waals surface area contributed by atoms with Gasteiger partial charge in [0.05, 0.1) is 31.3 Å². The Hall–Kier alpha value is -1.83. The van der Waals surface area contributed by atoms with Crippen molar-refractivity contribution in [1.29, 1.82) is 0 Å². The van der Waals surface area contributed by atoms with Gasteiger partial charge in [-0.3, -0.25) is 19.3 Å². The number of carbonyl (C=O) groups is 3. The van der Waals surface area contributed by atoms with Gasteiger partial charge in [0.2, 0.25) is 17.7 Å². The minimum Gasteiger partial charge on any atom is -0.388 e. The summed E-state index contributed by atoms with van der Waals surface area (Å²) in [5.41, 5.74) is 0. The van der Waals surface area contributed by atoms with E-state index in [0.29, 0.717) is 64.8 Å². The molecule has 6 aliphatic rings. The first-order valence-electron chi connectivity index (χ1n) is 14.7. The summed E-state index contributed by atoms with van der Waals surface area (Å²) < 4.78 is 17.5. The molecule has 12 nitrogen and oxygen atoms in total. The van der Waals surface area contributed by atoms with E-state index in [1.165, 1.54) is 0 Å². The number of ether oxygens (including phenoxy) is 3. The molecular weight excluding hydrogens is 508 g/mol. The summed E-state index contributed by atoms with van der Waals surface area (Å²) in [4.78, 5) is 46.3. The molecule has 3 N–H and O–H groups in total. The van der Waals surface area contributed by atoms with Crippen LogP contribution in [0.25, 0.3) is 0 Å². The van der Waals surface area contributed by atoms with Crippen LogP contribution in [-0.2, 0) is 28.6 Å². The second kappa shape index (κ2) is 11.6. The first-order chi connectivity index (χ1) is 18.9. The molecule has 0 spiro atoms. The summed E-state index contributed by atoms with van der Waals surface area (Å²) in [6.45, 7) is 3.24. The maximum Gasteiger partial charge on any atom is 0.240 e. The largest absolute Gasteiger partial charge is 0.388 e. The predicted octanol–water partition coefficient (Wildman–Crippen LogP) is -1.53. The third-order valence-electron chi connectivity index (χ3n) is 9.54. The Morgan fingerprint density at radius 1 is 0.923 bits per heavy atom. The van der Waals surface area contributed by atoms with Crippen molar-refractivity contribution < 1.29 is 38.8 Å². The van der Waals surface area contributed by atoms with Crippen molar-refractivity contribution in [3.05, 3.63) is 0 Å². The number of hydrogen-bond donors (Lipinski definition) is 3. The molecule has 0 aromatic heterocycles. The lowest BCUT2D eigenvalue weighted by atomic mass is 9.91. The smallest absolute Gasteiger partial charge is 0.240 e. The number of morpholine rings is 1. The van der Waals surface area contributed by atoms with Gasteiger partial charge in [0, 0.05) is 63.9 Å². The van der Waals surface area contributed by atoms with Crippen molar-refractivity contribution in [1.82, 2.24) is 20.0 Å². The van der Waals surface area contributed by atoms with Crippen LogP contribution in [0.15, 0.2) is 0 Å². The van der Waals surface area contributed by atoms with Gasteiger partial charge in [-0.05, 0) is 32.1 Å². The van der Waals surface area contributed by atoms with Crippen molar-refractivity contribution >= 4 is 17.7 Å². The number of hydrogen-bond acceptors (Lipinski definition) is 9. The zero-order valence-electron chi connectivity index (χ0n) is 22.5. The minimum atomic E-state index is -1.23. The number of likely N-dealkylation sites (tertiary alicyclic amines) is 1. The molecule has 12 heteroatoms. The van der Waals surface area contributed by atoms with Crippen LogP contribution in [0.5, 0.6) is 0 Å². The lowest BCUT2D eigenvalue weighted by Gasteiger charge is -2.42. The fourth-order valence-electron chi connectivity index (χ4n) is 7.11. The van der Waals surface area contributed by atoms with Crippen molar-refractivity contribution in [2.45, 2.75) is 93.6 Å². The monoisotopic (exact) mass is 550 g/mol. The van der Waals surface area contributed by atoms with Crippen molar-refractivity contribution in [3.8, 4) is 0 Å². The molecule has 7 atom stereocenters. The molecule has 1 saturated carbocycles. The molecule has 5 saturated heterocycles. The van der Waals surface area contributed by atoms with E-state index >= 15 is 0 Å². The zero-order chi connectivity index (χ0) is 27.1. The van der Waals surface area contributed by atoms with Crippen molar-refractivity contribution in [3.63, 3.8) is 0 Å². The van der Waals surface area contributed by atoms with E-state index in [0.717, 1.165) is 19.3 Å². The average molecular weight is 551 g/mol. The summed E-state index contributed by atoms with van der Waals surface area (Å²) >= 11 is 0. The highest BCUT2D eigenvalue weighted by atomic mass is 16.5. The number of carbonyl (C=O) groups excluding carboxylic acids is 3. The van der Waals surface area contributed by atoms with Gasteiger partial charge in [-0.15, -0.1) is 0 Å². The van der Waals surface area contributed by atoms with E-state index in [1.807, 2.05) is 4.90 Å². The van der Waals surface area contributed by atoms with E-state index in [1.54, 1.807) is 4.90 Å². The van der Waals surface area contributed by atoms with Gasteiger partial charge in [0.25, 0.3) is 0 Å². The summed E-state index contributed by atoms with van der Waals surface area (Å²) in [5, 5.41) is 24.6. The van der Waals surface area contributed by atoms with E-state index in [9.17, 15) is 24.6 Å². The number of nitrogens with one attached hydrogen (secondary N) is 1. The Kier molecular flexibility index (Phi) is 8.12. The first kappa shape index (κ1) is 27.3. The van der Waals surface area contributed by atoms with E-state index in [-0.39, 0.29) is 61.3 Å². The van der Waals surface area contributed by atoms with E-state index in [2.05, 4.69) is 10.2 Å². The van der Waals surface area contributed by atoms with Crippen LogP contribution in [0, 0.1) is 5.92 Å². The topological polar surface area (TPSA) is 141 Å². The number of aliphatic hydroxyl groups is 2. The molecule has 6 bridgehead atoms.